The number of hydrogen-bond acceptors (Lipinski definition) is 3. The second kappa shape index (κ2) is 4.78. The fourth-order valence-electron chi connectivity index (χ4n) is 2.63. The molecule has 0 saturated carbocycles. The van der Waals surface area contributed by atoms with Crippen LogP contribution in [-0.2, 0) is 0 Å². The van der Waals surface area contributed by atoms with Crippen molar-refractivity contribution in [3.05, 3.63) is 64.8 Å². The van der Waals surface area contributed by atoms with Crippen LogP contribution in [0.4, 0.5) is 0 Å². The molecule has 0 aliphatic rings. The Kier molecular flexibility index (Phi) is 2.87. The Labute approximate surface area is 134 Å². The molecule has 0 aliphatic carbocycles. The second-order valence-electron chi connectivity index (χ2n) is 5.03. The van der Waals surface area contributed by atoms with E-state index in [0.29, 0.717) is 11.4 Å². The van der Waals surface area contributed by atoms with Gasteiger partial charge in [-0.25, -0.2) is 9.97 Å². The third-order valence-corrected chi connectivity index (χ3v) is 4.10. The predicted octanol–water partition coefficient (Wildman–Crippen LogP) is 3.44. The number of aromatic nitrogens is 4. The van der Waals surface area contributed by atoms with Crippen molar-refractivity contribution in [3.8, 4) is 0 Å². The lowest BCUT2D eigenvalue weighted by atomic mass is 10.3. The Morgan fingerprint density at radius 2 is 2.00 bits per heavy atom. The summed E-state index contributed by atoms with van der Waals surface area (Å²) in [6.45, 7) is 1.84. The zero-order valence-electron chi connectivity index (χ0n) is 11.7. The number of aryl methyl sites for hydroxylation is 1. The molecular formula is C16H11BrN4O. The number of hydrogen-bond donors (Lipinski definition) is 0. The average Bonchev–Trinajstić information content (AvgIpc) is 3.07. The van der Waals surface area contributed by atoms with Crippen LogP contribution < -0.4 is 0 Å². The van der Waals surface area contributed by atoms with Crippen LogP contribution >= 0.6 is 15.9 Å². The summed E-state index contributed by atoms with van der Waals surface area (Å²) < 4.78 is 4.25. The van der Waals surface area contributed by atoms with E-state index in [1.54, 1.807) is 15.3 Å². The van der Waals surface area contributed by atoms with Crippen molar-refractivity contribution in [2.75, 3.05) is 0 Å². The maximum Gasteiger partial charge on any atom is 0.282 e. The Bertz CT molecular complexity index is 1030. The number of rotatable bonds is 1. The van der Waals surface area contributed by atoms with Crippen LogP contribution in [0.3, 0.4) is 0 Å². The summed E-state index contributed by atoms with van der Waals surface area (Å²) in [4.78, 5) is 21.7. The largest absolute Gasteiger partial charge is 0.294 e. The first kappa shape index (κ1) is 13.2. The molecule has 0 unspecified atom stereocenters. The normalized spacial score (nSPS) is 11.4. The van der Waals surface area contributed by atoms with E-state index in [4.69, 9.17) is 0 Å². The average molecular weight is 355 g/mol. The number of pyridine rings is 1. The first-order valence-corrected chi connectivity index (χ1v) is 7.55. The molecule has 0 spiro atoms. The topological polar surface area (TPSA) is 52.2 Å². The molecule has 0 radical (unpaired) electrons. The fraction of sp³-hybridized carbons (Fsp3) is 0.0625. The van der Waals surface area contributed by atoms with Crippen molar-refractivity contribution >= 4 is 38.5 Å². The number of fused-ring (bicyclic) bond motifs is 2. The molecule has 0 fully saturated rings. The summed E-state index contributed by atoms with van der Waals surface area (Å²) in [5.74, 6) is -0.142. The summed E-state index contributed by atoms with van der Waals surface area (Å²) in [6, 6.07) is 11.3. The maximum absolute atomic E-state index is 13.0. The van der Waals surface area contributed by atoms with E-state index in [2.05, 4.69) is 25.9 Å². The quantitative estimate of drug-likeness (QED) is 0.526. The summed E-state index contributed by atoms with van der Waals surface area (Å²) in [7, 11) is 0. The third kappa shape index (κ3) is 1.88. The number of carbonyl (C=O) groups excluding carboxylic acids is 1. The standard InChI is InChI=1S/C16H11BrN4O/c1-10-15(20-8-11(17)6-7-14(20)19-10)16(22)21-9-18-12-4-2-3-5-13(12)21/h2-9H,1H3. The van der Waals surface area contributed by atoms with Gasteiger partial charge in [0.1, 0.15) is 17.7 Å². The van der Waals surface area contributed by atoms with Gasteiger partial charge in [0.2, 0.25) is 0 Å². The molecule has 0 aliphatic heterocycles. The highest BCUT2D eigenvalue weighted by molar-refractivity contribution is 9.10. The minimum absolute atomic E-state index is 0.142. The van der Waals surface area contributed by atoms with Crippen LogP contribution in [-0.4, -0.2) is 24.8 Å². The molecule has 22 heavy (non-hydrogen) atoms. The van der Waals surface area contributed by atoms with Crippen LogP contribution in [0.1, 0.15) is 16.2 Å². The van der Waals surface area contributed by atoms with Gasteiger partial charge in [0, 0.05) is 10.7 Å². The minimum atomic E-state index is -0.142. The van der Waals surface area contributed by atoms with Crippen LogP contribution in [0, 0.1) is 6.92 Å². The molecule has 6 heteroatoms. The van der Waals surface area contributed by atoms with Crippen molar-refractivity contribution in [2.24, 2.45) is 0 Å². The summed E-state index contributed by atoms with van der Waals surface area (Å²) in [5, 5.41) is 0. The highest BCUT2D eigenvalue weighted by atomic mass is 79.9. The first-order chi connectivity index (χ1) is 10.6. The Morgan fingerprint density at radius 1 is 1.18 bits per heavy atom. The lowest BCUT2D eigenvalue weighted by Gasteiger charge is -2.05. The van der Waals surface area contributed by atoms with Crippen molar-refractivity contribution in [3.63, 3.8) is 0 Å². The van der Waals surface area contributed by atoms with Gasteiger partial charge in [0.25, 0.3) is 5.91 Å². The van der Waals surface area contributed by atoms with Gasteiger partial charge in [0.15, 0.2) is 0 Å². The van der Waals surface area contributed by atoms with E-state index in [0.717, 1.165) is 21.2 Å². The van der Waals surface area contributed by atoms with Crippen molar-refractivity contribution in [1.82, 2.24) is 18.9 Å². The maximum atomic E-state index is 13.0. The minimum Gasteiger partial charge on any atom is -0.294 e. The van der Waals surface area contributed by atoms with E-state index in [9.17, 15) is 4.79 Å². The zero-order chi connectivity index (χ0) is 15.3. The summed E-state index contributed by atoms with van der Waals surface area (Å²) in [6.07, 6.45) is 3.41. The molecule has 0 amide bonds. The Hall–Kier alpha value is -2.47. The van der Waals surface area contributed by atoms with Gasteiger partial charge in [-0.1, -0.05) is 12.1 Å². The molecule has 0 bridgehead atoms. The van der Waals surface area contributed by atoms with Gasteiger partial charge in [-0.2, -0.15) is 0 Å². The second-order valence-corrected chi connectivity index (χ2v) is 5.95. The van der Waals surface area contributed by atoms with E-state index in [1.807, 2.05) is 49.5 Å². The monoisotopic (exact) mass is 354 g/mol. The van der Waals surface area contributed by atoms with Gasteiger partial charge in [-0.15, -0.1) is 0 Å². The number of halogens is 1. The van der Waals surface area contributed by atoms with Crippen molar-refractivity contribution in [1.29, 1.82) is 0 Å². The number of carbonyl (C=O) groups is 1. The van der Waals surface area contributed by atoms with E-state index in [-0.39, 0.29) is 5.91 Å². The van der Waals surface area contributed by atoms with Crippen LogP contribution in [0.25, 0.3) is 16.7 Å². The smallest absolute Gasteiger partial charge is 0.282 e. The van der Waals surface area contributed by atoms with E-state index in [1.165, 1.54) is 0 Å². The van der Waals surface area contributed by atoms with E-state index < -0.39 is 0 Å². The molecule has 3 aromatic heterocycles. The van der Waals surface area contributed by atoms with Gasteiger partial charge in [0.05, 0.1) is 16.7 Å². The number of benzene rings is 1. The number of nitrogens with zero attached hydrogens (tertiary/aromatic N) is 4. The lowest BCUT2D eigenvalue weighted by molar-refractivity contribution is 0.0958. The Morgan fingerprint density at radius 3 is 2.86 bits per heavy atom. The van der Waals surface area contributed by atoms with Gasteiger partial charge >= 0.3 is 0 Å². The van der Waals surface area contributed by atoms with Crippen LogP contribution in [0.5, 0.6) is 0 Å². The fourth-order valence-corrected chi connectivity index (χ4v) is 2.97. The van der Waals surface area contributed by atoms with Crippen molar-refractivity contribution < 1.29 is 4.79 Å². The molecule has 0 atom stereocenters. The highest BCUT2D eigenvalue weighted by Crippen LogP contribution is 2.20. The van der Waals surface area contributed by atoms with Crippen LogP contribution in [0.2, 0.25) is 0 Å². The van der Waals surface area contributed by atoms with Crippen molar-refractivity contribution in [2.45, 2.75) is 6.92 Å². The SMILES string of the molecule is Cc1nc2ccc(Br)cn2c1C(=O)n1cnc2ccccc21. The molecule has 4 aromatic rings. The molecule has 3 heterocycles. The molecule has 4 rings (SSSR count). The van der Waals surface area contributed by atoms with Gasteiger partial charge < -0.3 is 0 Å². The van der Waals surface area contributed by atoms with Gasteiger partial charge in [-0.3, -0.25) is 13.8 Å². The van der Waals surface area contributed by atoms with E-state index >= 15 is 0 Å². The van der Waals surface area contributed by atoms with Gasteiger partial charge in [-0.05, 0) is 47.1 Å². The Balaban J connectivity index is 1.97. The van der Waals surface area contributed by atoms with Crippen LogP contribution in [0.15, 0.2) is 53.4 Å². The third-order valence-electron chi connectivity index (χ3n) is 3.63. The molecular weight excluding hydrogens is 344 g/mol. The molecule has 0 saturated heterocycles. The molecule has 1 aromatic carbocycles. The predicted molar refractivity (Wildman–Crippen MR) is 87.1 cm³/mol. The lowest BCUT2D eigenvalue weighted by Crippen LogP contribution is -2.14. The summed E-state index contributed by atoms with van der Waals surface area (Å²) >= 11 is 3.43. The molecule has 5 nitrogen and oxygen atoms in total. The molecule has 0 N–H and O–H groups in total. The number of para-hydroxylation sites is 2. The number of imidazole rings is 2. The summed E-state index contributed by atoms with van der Waals surface area (Å²) in [5.41, 5.74) is 3.56. The first-order valence-electron chi connectivity index (χ1n) is 6.76. The highest BCUT2D eigenvalue weighted by Gasteiger charge is 2.20. The molecule has 108 valence electrons. The zero-order valence-corrected chi connectivity index (χ0v) is 13.3.